The van der Waals surface area contributed by atoms with Gasteiger partial charge in [0.2, 0.25) is 11.8 Å². The molecule has 7 heteroatoms. The molecule has 142 valence electrons. The summed E-state index contributed by atoms with van der Waals surface area (Å²) in [5.41, 5.74) is 1.82. The Labute approximate surface area is 161 Å². The Bertz CT molecular complexity index is 1120. The van der Waals surface area contributed by atoms with Gasteiger partial charge in [-0.25, -0.2) is 4.98 Å². The van der Waals surface area contributed by atoms with Gasteiger partial charge in [0.25, 0.3) is 5.56 Å². The number of amides is 2. The van der Waals surface area contributed by atoms with Crippen molar-refractivity contribution in [3.8, 4) is 0 Å². The minimum Gasteiger partial charge on any atom is -0.325 e. The fourth-order valence-electron chi connectivity index (χ4n) is 3.46. The van der Waals surface area contributed by atoms with Gasteiger partial charge in [-0.2, -0.15) is 0 Å². The van der Waals surface area contributed by atoms with E-state index in [-0.39, 0.29) is 23.9 Å². The van der Waals surface area contributed by atoms with Gasteiger partial charge in [0.15, 0.2) is 0 Å². The molecule has 1 fully saturated rings. The van der Waals surface area contributed by atoms with Crippen LogP contribution in [0.5, 0.6) is 0 Å². The molecule has 0 unspecified atom stereocenters. The van der Waals surface area contributed by atoms with Crippen molar-refractivity contribution < 1.29 is 9.59 Å². The van der Waals surface area contributed by atoms with Crippen molar-refractivity contribution in [1.29, 1.82) is 0 Å². The van der Waals surface area contributed by atoms with Crippen LogP contribution in [0.4, 0.5) is 11.4 Å². The van der Waals surface area contributed by atoms with Crippen LogP contribution in [0.1, 0.15) is 18.7 Å². The Morgan fingerprint density at radius 3 is 2.57 bits per heavy atom. The monoisotopic (exact) mass is 376 g/mol. The Balaban J connectivity index is 1.50. The first kappa shape index (κ1) is 17.9. The topological polar surface area (TPSA) is 84.3 Å². The molecule has 4 rings (SSSR count). The summed E-state index contributed by atoms with van der Waals surface area (Å²) >= 11 is 0. The number of rotatable bonds is 4. The highest BCUT2D eigenvalue weighted by Crippen LogP contribution is 2.23. The first-order chi connectivity index (χ1) is 13.5. The van der Waals surface area contributed by atoms with E-state index < -0.39 is 0 Å². The van der Waals surface area contributed by atoms with Gasteiger partial charge in [0.05, 0.1) is 10.9 Å². The third kappa shape index (κ3) is 3.38. The summed E-state index contributed by atoms with van der Waals surface area (Å²) in [5.74, 6) is 0.296. The molecular formula is C21H20N4O3. The molecule has 0 spiro atoms. The van der Waals surface area contributed by atoms with E-state index in [9.17, 15) is 14.4 Å². The average Bonchev–Trinajstić information content (AvgIpc) is 3.12. The molecule has 0 atom stereocenters. The van der Waals surface area contributed by atoms with Crippen molar-refractivity contribution in [2.75, 3.05) is 16.8 Å². The van der Waals surface area contributed by atoms with Crippen LogP contribution >= 0.6 is 0 Å². The largest absolute Gasteiger partial charge is 0.325 e. The molecule has 1 aliphatic heterocycles. The van der Waals surface area contributed by atoms with Gasteiger partial charge in [-0.15, -0.1) is 0 Å². The Hall–Kier alpha value is -3.48. The number of fused-ring (bicyclic) bond motifs is 1. The zero-order valence-electron chi connectivity index (χ0n) is 15.5. The maximum atomic E-state index is 12.7. The standard InChI is InChI=1S/C21H20N4O3/c1-14-22-18-6-3-2-5-17(18)21(28)25(14)13-19(26)23-15-8-10-16(11-9-15)24-12-4-7-20(24)27/h2-3,5-6,8-11H,4,7,12-13H2,1H3,(H,23,26). The van der Waals surface area contributed by atoms with Crippen molar-refractivity contribution in [2.24, 2.45) is 0 Å². The smallest absolute Gasteiger partial charge is 0.261 e. The molecule has 2 aromatic carbocycles. The lowest BCUT2D eigenvalue weighted by Gasteiger charge is -2.16. The molecule has 0 saturated carbocycles. The van der Waals surface area contributed by atoms with Crippen molar-refractivity contribution in [1.82, 2.24) is 9.55 Å². The summed E-state index contributed by atoms with van der Waals surface area (Å²) in [4.78, 5) is 43.1. The molecule has 1 aromatic heterocycles. The van der Waals surface area contributed by atoms with E-state index in [1.165, 1.54) is 4.57 Å². The first-order valence-corrected chi connectivity index (χ1v) is 9.19. The van der Waals surface area contributed by atoms with Crippen LogP contribution in [0.3, 0.4) is 0 Å². The third-order valence-electron chi connectivity index (χ3n) is 4.89. The number of aryl methyl sites for hydroxylation is 1. The summed E-state index contributed by atoms with van der Waals surface area (Å²) in [7, 11) is 0. The highest BCUT2D eigenvalue weighted by Gasteiger charge is 2.21. The number of anilines is 2. The molecular weight excluding hydrogens is 356 g/mol. The highest BCUT2D eigenvalue weighted by atomic mass is 16.2. The molecule has 0 aliphatic carbocycles. The van der Waals surface area contributed by atoms with Gasteiger partial charge in [0, 0.05) is 24.3 Å². The van der Waals surface area contributed by atoms with E-state index in [1.807, 2.05) is 18.2 Å². The minimum absolute atomic E-state index is 0.116. The predicted molar refractivity (Wildman–Crippen MR) is 107 cm³/mol. The zero-order valence-corrected chi connectivity index (χ0v) is 15.5. The van der Waals surface area contributed by atoms with Crippen LogP contribution < -0.4 is 15.8 Å². The number of aromatic nitrogens is 2. The van der Waals surface area contributed by atoms with E-state index in [0.29, 0.717) is 28.8 Å². The lowest BCUT2D eigenvalue weighted by atomic mass is 10.2. The van der Waals surface area contributed by atoms with Gasteiger partial charge < -0.3 is 10.2 Å². The third-order valence-corrected chi connectivity index (χ3v) is 4.89. The fourth-order valence-corrected chi connectivity index (χ4v) is 3.46. The molecule has 7 nitrogen and oxygen atoms in total. The number of nitrogens with one attached hydrogen (secondary N) is 1. The molecule has 0 radical (unpaired) electrons. The van der Waals surface area contributed by atoms with Crippen molar-refractivity contribution in [3.05, 3.63) is 64.7 Å². The average molecular weight is 376 g/mol. The fraction of sp³-hybridized carbons (Fsp3) is 0.238. The zero-order chi connectivity index (χ0) is 19.7. The number of hydrogen-bond donors (Lipinski definition) is 1. The number of para-hydroxylation sites is 1. The van der Waals surface area contributed by atoms with Crippen LogP contribution in [0.15, 0.2) is 53.3 Å². The molecule has 1 N–H and O–H groups in total. The van der Waals surface area contributed by atoms with Crippen molar-refractivity contribution in [3.63, 3.8) is 0 Å². The second-order valence-corrected chi connectivity index (χ2v) is 6.81. The number of carbonyl (C=O) groups is 2. The van der Waals surface area contributed by atoms with Crippen LogP contribution in [0, 0.1) is 6.92 Å². The summed E-state index contributed by atoms with van der Waals surface area (Å²) in [6, 6.07) is 14.2. The second-order valence-electron chi connectivity index (χ2n) is 6.81. The van der Waals surface area contributed by atoms with Crippen LogP contribution in [0.2, 0.25) is 0 Å². The van der Waals surface area contributed by atoms with Gasteiger partial charge in [-0.3, -0.25) is 19.0 Å². The number of carbonyl (C=O) groups excluding carboxylic acids is 2. The normalized spacial score (nSPS) is 13.9. The molecule has 0 bridgehead atoms. The van der Waals surface area contributed by atoms with E-state index in [2.05, 4.69) is 10.3 Å². The number of nitrogens with zero attached hydrogens (tertiary/aromatic N) is 3. The van der Waals surface area contributed by atoms with Gasteiger partial charge in [-0.05, 0) is 49.7 Å². The first-order valence-electron chi connectivity index (χ1n) is 9.19. The molecule has 2 amide bonds. The lowest BCUT2D eigenvalue weighted by Crippen LogP contribution is -2.30. The summed E-state index contributed by atoms with van der Waals surface area (Å²) in [5, 5.41) is 3.28. The second kappa shape index (κ2) is 7.26. The predicted octanol–water partition coefficient (Wildman–Crippen LogP) is 2.47. The Kier molecular flexibility index (Phi) is 4.65. The van der Waals surface area contributed by atoms with E-state index in [0.717, 1.165) is 18.7 Å². The maximum absolute atomic E-state index is 12.7. The van der Waals surface area contributed by atoms with Crippen LogP contribution in [-0.4, -0.2) is 27.9 Å². The van der Waals surface area contributed by atoms with E-state index >= 15 is 0 Å². The maximum Gasteiger partial charge on any atom is 0.261 e. The van der Waals surface area contributed by atoms with Crippen LogP contribution in [0.25, 0.3) is 10.9 Å². The lowest BCUT2D eigenvalue weighted by molar-refractivity contribution is -0.117. The van der Waals surface area contributed by atoms with E-state index in [1.54, 1.807) is 42.2 Å². The molecule has 1 saturated heterocycles. The van der Waals surface area contributed by atoms with E-state index in [4.69, 9.17) is 0 Å². The SMILES string of the molecule is Cc1nc2ccccc2c(=O)n1CC(=O)Nc1ccc(N2CCCC2=O)cc1. The molecule has 2 heterocycles. The van der Waals surface area contributed by atoms with Gasteiger partial charge >= 0.3 is 0 Å². The summed E-state index contributed by atoms with van der Waals surface area (Å²) in [6.45, 7) is 2.32. The van der Waals surface area contributed by atoms with Gasteiger partial charge in [0.1, 0.15) is 12.4 Å². The van der Waals surface area contributed by atoms with Crippen molar-refractivity contribution in [2.45, 2.75) is 26.3 Å². The quantitative estimate of drug-likeness (QED) is 0.758. The molecule has 1 aliphatic rings. The molecule has 3 aromatic rings. The Morgan fingerprint density at radius 1 is 1.11 bits per heavy atom. The minimum atomic E-state index is -0.313. The van der Waals surface area contributed by atoms with Crippen LogP contribution in [-0.2, 0) is 16.1 Å². The number of benzene rings is 2. The number of hydrogen-bond acceptors (Lipinski definition) is 4. The Morgan fingerprint density at radius 2 is 1.86 bits per heavy atom. The van der Waals surface area contributed by atoms with Gasteiger partial charge in [-0.1, -0.05) is 12.1 Å². The summed E-state index contributed by atoms with van der Waals surface area (Å²) in [6.07, 6.45) is 1.44. The molecule has 28 heavy (non-hydrogen) atoms. The highest BCUT2D eigenvalue weighted by molar-refractivity contribution is 5.96. The summed E-state index contributed by atoms with van der Waals surface area (Å²) < 4.78 is 1.37. The van der Waals surface area contributed by atoms with Crippen molar-refractivity contribution >= 4 is 34.1 Å².